The molecule has 0 radical (unpaired) electrons. The van der Waals surface area contributed by atoms with E-state index in [-0.39, 0.29) is 17.7 Å². The number of para-hydroxylation sites is 1. The van der Waals surface area contributed by atoms with Crippen molar-refractivity contribution in [2.24, 2.45) is 0 Å². The fraction of sp³-hybridized carbons (Fsp3) is 0.240. The first-order chi connectivity index (χ1) is 14.9. The third-order valence-corrected chi connectivity index (χ3v) is 7.43. The molecule has 1 aliphatic rings. The number of nitrogens with zero attached hydrogens (tertiary/aromatic N) is 1. The highest BCUT2D eigenvalue weighted by Crippen LogP contribution is 2.34. The Kier molecular flexibility index (Phi) is 5.79. The van der Waals surface area contributed by atoms with Crippen LogP contribution in [0.2, 0.25) is 0 Å². The van der Waals surface area contributed by atoms with E-state index >= 15 is 0 Å². The van der Waals surface area contributed by atoms with Crippen LogP contribution in [0.3, 0.4) is 0 Å². The number of furan rings is 1. The van der Waals surface area contributed by atoms with Gasteiger partial charge >= 0.3 is 0 Å². The first-order valence-corrected chi connectivity index (χ1v) is 11.8. The Balaban J connectivity index is 1.61. The molecule has 1 heterocycles. The molecule has 2 aromatic carbocycles. The number of hydrogen-bond acceptors (Lipinski definition) is 4. The van der Waals surface area contributed by atoms with Gasteiger partial charge in [-0.15, -0.1) is 0 Å². The lowest BCUT2D eigenvalue weighted by Gasteiger charge is -2.10. The summed E-state index contributed by atoms with van der Waals surface area (Å²) >= 11 is 0. The Morgan fingerprint density at radius 1 is 1.23 bits per heavy atom. The van der Waals surface area contributed by atoms with Gasteiger partial charge in [0.15, 0.2) is 9.84 Å². The summed E-state index contributed by atoms with van der Waals surface area (Å²) in [5.74, 6) is -0.746. The van der Waals surface area contributed by atoms with Gasteiger partial charge in [0.1, 0.15) is 17.5 Å². The third kappa shape index (κ3) is 4.33. The van der Waals surface area contributed by atoms with E-state index in [0.717, 1.165) is 34.9 Å². The second kappa shape index (κ2) is 8.52. The molecule has 0 amide bonds. The molecular weight excluding hydrogens is 413 g/mol. The monoisotopic (exact) mass is 435 g/mol. The Morgan fingerprint density at radius 2 is 2.03 bits per heavy atom. The lowest BCUT2D eigenvalue weighted by atomic mass is 10.0. The van der Waals surface area contributed by atoms with E-state index in [4.69, 9.17) is 9.68 Å². The van der Waals surface area contributed by atoms with Crippen molar-refractivity contribution in [1.29, 1.82) is 5.26 Å². The molecule has 0 bridgehead atoms. The lowest BCUT2D eigenvalue weighted by Crippen LogP contribution is -2.11. The van der Waals surface area contributed by atoms with Gasteiger partial charge in [-0.1, -0.05) is 24.3 Å². The minimum atomic E-state index is -3.56. The van der Waals surface area contributed by atoms with Crippen molar-refractivity contribution < 1.29 is 17.2 Å². The van der Waals surface area contributed by atoms with Gasteiger partial charge in [0, 0.05) is 10.9 Å². The molecule has 3 aromatic rings. The summed E-state index contributed by atoms with van der Waals surface area (Å²) < 4.78 is 45.9. The SMILES string of the molecule is Cc1cc(C#N)c(F)cc1CCS(=O)(=O)C1=CCCCC(c2coc3ccccc23)=C1. The van der Waals surface area contributed by atoms with Gasteiger partial charge < -0.3 is 4.42 Å². The number of fused-ring (bicyclic) bond motifs is 1. The van der Waals surface area contributed by atoms with Crippen molar-refractivity contribution >= 4 is 26.4 Å². The van der Waals surface area contributed by atoms with E-state index in [1.165, 1.54) is 12.1 Å². The van der Waals surface area contributed by atoms with Crippen LogP contribution >= 0.6 is 0 Å². The van der Waals surface area contributed by atoms with Gasteiger partial charge in [-0.2, -0.15) is 5.26 Å². The highest BCUT2D eigenvalue weighted by Gasteiger charge is 2.21. The van der Waals surface area contributed by atoms with E-state index in [1.807, 2.05) is 30.3 Å². The second-order valence-corrected chi connectivity index (χ2v) is 9.86. The molecule has 1 aliphatic carbocycles. The zero-order chi connectivity index (χ0) is 22.0. The number of nitriles is 1. The summed E-state index contributed by atoms with van der Waals surface area (Å²) in [7, 11) is -3.56. The molecule has 4 rings (SSSR count). The van der Waals surface area contributed by atoms with Gasteiger partial charge in [0.2, 0.25) is 0 Å². The van der Waals surface area contributed by atoms with Crippen LogP contribution in [0.1, 0.15) is 41.5 Å². The number of halogens is 1. The van der Waals surface area contributed by atoms with Crippen molar-refractivity contribution in [3.63, 3.8) is 0 Å². The van der Waals surface area contributed by atoms with E-state index in [1.54, 1.807) is 25.3 Å². The molecule has 0 aliphatic heterocycles. The summed E-state index contributed by atoms with van der Waals surface area (Å²) in [6, 6.07) is 12.2. The van der Waals surface area contributed by atoms with Gasteiger partial charge in [0.25, 0.3) is 0 Å². The third-order valence-electron chi connectivity index (χ3n) is 5.68. The lowest BCUT2D eigenvalue weighted by molar-refractivity contribution is 0.601. The van der Waals surface area contributed by atoms with Crippen molar-refractivity contribution in [1.82, 2.24) is 0 Å². The topological polar surface area (TPSA) is 71.1 Å². The number of sulfone groups is 1. The molecule has 0 N–H and O–H groups in total. The predicted octanol–water partition coefficient (Wildman–Crippen LogP) is 5.86. The number of aryl methyl sites for hydroxylation is 2. The zero-order valence-corrected chi connectivity index (χ0v) is 18.0. The molecule has 0 unspecified atom stereocenters. The van der Waals surface area contributed by atoms with Gasteiger partial charge in [-0.3, -0.25) is 0 Å². The number of allylic oxidation sites excluding steroid dienone is 3. The van der Waals surface area contributed by atoms with Crippen LogP contribution in [0, 0.1) is 24.1 Å². The fourth-order valence-corrected chi connectivity index (χ4v) is 5.35. The standard InChI is InChI=1S/C25H22FNO3S/c1-17-12-20(15-27)24(26)14-18(17)10-11-31(28,29)21-7-3-2-6-19(13-21)23-16-30-25-9-5-4-8-22(23)25/h4-5,7-9,12-14,16H,2-3,6,10-11H2,1H3. The summed E-state index contributed by atoms with van der Waals surface area (Å²) in [5.41, 5.74) is 3.91. The van der Waals surface area contributed by atoms with Crippen LogP contribution < -0.4 is 0 Å². The van der Waals surface area contributed by atoms with E-state index in [0.29, 0.717) is 22.5 Å². The second-order valence-electron chi connectivity index (χ2n) is 7.75. The maximum absolute atomic E-state index is 14.0. The molecule has 1 aromatic heterocycles. The number of benzene rings is 2. The average Bonchev–Trinajstić information content (AvgIpc) is 3.02. The molecule has 158 valence electrons. The molecule has 0 spiro atoms. The molecule has 0 atom stereocenters. The van der Waals surface area contributed by atoms with E-state index < -0.39 is 15.7 Å². The molecule has 0 saturated carbocycles. The molecule has 0 saturated heterocycles. The predicted molar refractivity (Wildman–Crippen MR) is 119 cm³/mol. The smallest absolute Gasteiger partial charge is 0.178 e. The summed E-state index contributed by atoms with van der Waals surface area (Å²) in [6.07, 6.45) is 7.70. The van der Waals surface area contributed by atoms with Crippen LogP contribution in [0.5, 0.6) is 0 Å². The Labute approximate surface area is 181 Å². The molecule has 6 heteroatoms. The van der Waals surface area contributed by atoms with Crippen LogP contribution in [0.25, 0.3) is 16.5 Å². The highest BCUT2D eigenvalue weighted by molar-refractivity contribution is 7.95. The summed E-state index contributed by atoms with van der Waals surface area (Å²) in [5, 5.41) is 9.92. The Morgan fingerprint density at radius 3 is 2.84 bits per heavy atom. The van der Waals surface area contributed by atoms with E-state index in [2.05, 4.69) is 0 Å². The largest absolute Gasteiger partial charge is 0.464 e. The molecule has 31 heavy (non-hydrogen) atoms. The molecular formula is C25H22FNO3S. The van der Waals surface area contributed by atoms with Crippen LogP contribution in [0.15, 0.2) is 64.1 Å². The van der Waals surface area contributed by atoms with E-state index in [9.17, 15) is 12.8 Å². The first-order valence-electron chi connectivity index (χ1n) is 10.2. The van der Waals surface area contributed by atoms with Crippen molar-refractivity contribution in [2.75, 3.05) is 5.75 Å². The maximum Gasteiger partial charge on any atom is 0.178 e. The molecule has 0 fully saturated rings. The minimum absolute atomic E-state index is 0.0319. The number of hydrogen-bond donors (Lipinski definition) is 0. The van der Waals surface area contributed by atoms with Crippen molar-refractivity contribution in [3.05, 3.63) is 87.8 Å². The Hall–Kier alpha value is -3.17. The van der Waals surface area contributed by atoms with Crippen LogP contribution in [-0.2, 0) is 16.3 Å². The van der Waals surface area contributed by atoms with Crippen molar-refractivity contribution in [2.45, 2.75) is 32.6 Å². The van der Waals surface area contributed by atoms with Crippen LogP contribution in [-0.4, -0.2) is 14.2 Å². The van der Waals surface area contributed by atoms with Crippen molar-refractivity contribution in [3.8, 4) is 6.07 Å². The zero-order valence-electron chi connectivity index (χ0n) is 17.2. The maximum atomic E-state index is 14.0. The normalized spacial score (nSPS) is 14.6. The summed E-state index contributed by atoms with van der Waals surface area (Å²) in [6.45, 7) is 1.76. The van der Waals surface area contributed by atoms with Gasteiger partial charge in [0.05, 0.1) is 22.5 Å². The Bertz CT molecular complexity index is 1360. The fourth-order valence-electron chi connectivity index (χ4n) is 3.94. The first kappa shape index (κ1) is 21.1. The summed E-state index contributed by atoms with van der Waals surface area (Å²) in [4.78, 5) is 0.303. The van der Waals surface area contributed by atoms with Gasteiger partial charge in [-0.25, -0.2) is 12.8 Å². The quantitative estimate of drug-likeness (QED) is 0.503. The van der Waals surface area contributed by atoms with Crippen LogP contribution in [0.4, 0.5) is 4.39 Å². The molecule has 4 nitrogen and oxygen atoms in total. The van der Waals surface area contributed by atoms with Gasteiger partial charge in [-0.05, 0) is 73.6 Å². The minimum Gasteiger partial charge on any atom is -0.464 e. The number of rotatable bonds is 5. The average molecular weight is 436 g/mol. The highest BCUT2D eigenvalue weighted by atomic mass is 32.2.